The van der Waals surface area contributed by atoms with Gasteiger partial charge in [0.05, 0.1) is 23.4 Å². The molecule has 2 aromatic heterocycles. The second-order valence-electron chi connectivity index (χ2n) is 5.27. The van der Waals surface area contributed by atoms with Gasteiger partial charge in [0.1, 0.15) is 5.65 Å². The smallest absolute Gasteiger partial charge is 0.313 e. The molecule has 0 radical (unpaired) electrons. The maximum atomic E-state index is 11.1. The first-order valence-electron chi connectivity index (χ1n) is 7.19. The van der Waals surface area contributed by atoms with Crippen LogP contribution in [0.1, 0.15) is 11.3 Å². The SMILES string of the molecule is COc1ccc(N=Nc2c(C)nc3cc(C)ccn23)cc1[N+](=O)[O-]. The van der Waals surface area contributed by atoms with Crippen molar-refractivity contribution < 1.29 is 9.66 Å². The van der Waals surface area contributed by atoms with Crippen LogP contribution in [0.2, 0.25) is 0 Å². The topological polar surface area (TPSA) is 94.4 Å². The number of nitrogens with zero attached hydrogens (tertiary/aromatic N) is 5. The van der Waals surface area contributed by atoms with Gasteiger partial charge in [-0.25, -0.2) is 4.98 Å². The van der Waals surface area contributed by atoms with Crippen molar-refractivity contribution in [1.29, 1.82) is 0 Å². The summed E-state index contributed by atoms with van der Waals surface area (Å²) in [4.78, 5) is 15.0. The van der Waals surface area contributed by atoms with E-state index in [0.717, 1.165) is 16.9 Å². The molecular weight excluding hydrogens is 310 g/mol. The predicted molar refractivity (Wildman–Crippen MR) is 88.5 cm³/mol. The van der Waals surface area contributed by atoms with Crippen LogP contribution in [0.15, 0.2) is 46.8 Å². The highest BCUT2D eigenvalue weighted by atomic mass is 16.6. The average molecular weight is 325 g/mol. The van der Waals surface area contributed by atoms with E-state index in [2.05, 4.69) is 15.2 Å². The van der Waals surface area contributed by atoms with Crippen LogP contribution < -0.4 is 4.74 Å². The number of pyridine rings is 1. The van der Waals surface area contributed by atoms with Gasteiger partial charge in [0.15, 0.2) is 11.6 Å². The maximum absolute atomic E-state index is 11.1. The van der Waals surface area contributed by atoms with E-state index < -0.39 is 4.92 Å². The van der Waals surface area contributed by atoms with Gasteiger partial charge >= 0.3 is 5.69 Å². The van der Waals surface area contributed by atoms with Crippen LogP contribution in [0, 0.1) is 24.0 Å². The summed E-state index contributed by atoms with van der Waals surface area (Å²) < 4.78 is 6.80. The van der Waals surface area contributed by atoms with E-state index in [0.29, 0.717) is 11.5 Å². The highest BCUT2D eigenvalue weighted by molar-refractivity contribution is 5.56. The number of nitro benzene ring substituents is 1. The molecule has 1 aromatic carbocycles. The van der Waals surface area contributed by atoms with Crippen LogP contribution in [0.5, 0.6) is 5.75 Å². The summed E-state index contributed by atoms with van der Waals surface area (Å²) in [7, 11) is 1.38. The Morgan fingerprint density at radius 1 is 1.21 bits per heavy atom. The Labute approximate surface area is 137 Å². The molecule has 3 aromatic rings. The fourth-order valence-corrected chi connectivity index (χ4v) is 2.36. The number of ether oxygens (including phenoxy) is 1. The van der Waals surface area contributed by atoms with E-state index >= 15 is 0 Å². The average Bonchev–Trinajstić information content (AvgIpc) is 2.86. The largest absolute Gasteiger partial charge is 0.490 e. The first-order valence-corrected chi connectivity index (χ1v) is 7.19. The number of nitro groups is 1. The van der Waals surface area contributed by atoms with Crippen molar-refractivity contribution in [3.63, 3.8) is 0 Å². The van der Waals surface area contributed by atoms with E-state index in [1.165, 1.54) is 19.2 Å². The van der Waals surface area contributed by atoms with E-state index in [4.69, 9.17) is 4.74 Å². The number of fused-ring (bicyclic) bond motifs is 1. The molecule has 122 valence electrons. The van der Waals surface area contributed by atoms with Gasteiger partial charge in [-0.05, 0) is 43.7 Å². The third kappa shape index (κ3) is 2.81. The summed E-state index contributed by atoms with van der Waals surface area (Å²) in [5, 5.41) is 19.4. The van der Waals surface area contributed by atoms with Gasteiger partial charge < -0.3 is 4.74 Å². The number of benzene rings is 1. The highest BCUT2D eigenvalue weighted by Gasteiger charge is 2.15. The highest BCUT2D eigenvalue weighted by Crippen LogP contribution is 2.32. The Morgan fingerprint density at radius 2 is 2.00 bits per heavy atom. The van der Waals surface area contributed by atoms with Crippen LogP contribution in [-0.4, -0.2) is 21.4 Å². The molecule has 0 N–H and O–H groups in total. The quantitative estimate of drug-likeness (QED) is 0.406. The Hall–Kier alpha value is -3.29. The van der Waals surface area contributed by atoms with Gasteiger partial charge in [-0.3, -0.25) is 14.5 Å². The molecule has 24 heavy (non-hydrogen) atoms. The zero-order valence-corrected chi connectivity index (χ0v) is 13.4. The molecule has 0 bridgehead atoms. The molecular formula is C16H15N5O3. The lowest BCUT2D eigenvalue weighted by molar-refractivity contribution is -0.385. The van der Waals surface area contributed by atoms with Crippen molar-refractivity contribution in [2.24, 2.45) is 10.2 Å². The summed E-state index contributed by atoms with van der Waals surface area (Å²) >= 11 is 0. The molecule has 0 fully saturated rings. The molecule has 0 aliphatic heterocycles. The Bertz CT molecular complexity index is 962. The Kier molecular flexibility index (Phi) is 3.95. The van der Waals surface area contributed by atoms with Crippen molar-refractivity contribution in [1.82, 2.24) is 9.38 Å². The van der Waals surface area contributed by atoms with Crippen LogP contribution in [0.4, 0.5) is 17.2 Å². The van der Waals surface area contributed by atoms with E-state index in [1.807, 2.05) is 36.6 Å². The van der Waals surface area contributed by atoms with Crippen LogP contribution in [0.3, 0.4) is 0 Å². The summed E-state index contributed by atoms with van der Waals surface area (Å²) in [6, 6.07) is 8.33. The zero-order chi connectivity index (χ0) is 17.3. The first kappa shape index (κ1) is 15.6. The number of methoxy groups -OCH3 is 1. The van der Waals surface area contributed by atoms with Crippen molar-refractivity contribution in [2.45, 2.75) is 13.8 Å². The third-order valence-corrected chi connectivity index (χ3v) is 3.54. The van der Waals surface area contributed by atoms with Crippen molar-refractivity contribution in [3.8, 4) is 5.75 Å². The lowest BCUT2D eigenvalue weighted by Gasteiger charge is -2.01. The number of aryl methyl sites for hydroxylation is 2. The molecule has 0 saturated carbocycles. The van der Waals surface area contributed by atoms with E-state index in [9.17, 15) is 10.1 Å². The van der Waals surface area contributed by atoms with Crippen LogP contribution in [-0.2, 0) is 0 Å². The minimum Gasteiger partial charge on any atom is -0.490 e. The van der Waals surface area contributed by atoms with E-state index in [-0.39, 0.29) is 11.4 Å². The summed E-state index contributed by atoms with van der Waals surface area (Å²) in [5.41, 5.74) is 2.82. The maximum Gasteiger partial charge on any atom is 0.313 e. The number of rotatable bonds is 4. The van der Waals surface area contributed by atoms with Gasteiger partial charge in [0, 0.05) is 12.3 Å². The molecule has 2 heterocycles. The number of hydrogen-bond donors (Lipinski definition) is 0. The number of azo groups is 1. The molecule has 0 saturated heterocycles. The van der Waals surface area contributed by atoms with Crippen molar-refractivity contribution in [3.05, 3.63) is 57.9 Å². The number of hydrogen-bond acceptors (Lipinski definition) is 6. The second-order valence-corrected chi connectivity index (χ2v) is 5.27. The molecule has 0 amide bonds. The molecule has 0 spiro atoms. The van der Waals surface area contributed by atoms with Crippen molar-refractivity contribution >= 4 is 22.8 Å². The summed E-state index contributed by atoms with van der Waals surface area (Å²) in [6.45, 7) is 3.83. The fourth-order valence-electron chi connectivity index (χ4n) is 2.36. The molecule has 0 atom stereocenters. The number of aromatic nitrogens is 2. The third-order valence-electron chi connectivity index (χ3n) is 3.54. The monoisotopic (exact) mass is 325 g/mol. The van der Waals surface area contributed by atoms with Crippen LogP contribution >= 0.6 is 0 Å². The lowest BCUT2D eigenvalue weighted by atomic mass is 10.2. The standard InChI is InChI=1S/C16H15N5O3/c1-10-6-7-20-15(8-10)17-11(2)16(20)19-18-12-4-5-14(24-3)13(9-12)21(22)23/h4-9H,1-3H3. The molecule has 0 unspecified atom stereocenters. The summed E-state index contributed by atoms with van der Waals surface area (Å²) in [6.07, 6.45) is 1.87. The molecule has 8 heteroatoms. The molecule has 0 aliphatic carbocycles. The second kappa shape index (κ2) is 6.07. The number of imidazole rings is 1. The fraction of sp³-hybridized carbons (Fsp3) is 0.188. The Balaban J connectivity index is 2.01. The first-order chi connectivity index (χ1) is 11.5. The predicted octanol–water partition coefficient (Wildman–Crippen LogP) is 4.28. The van der Waals surface area contributed by atoms with E-state index in [1.54, 1.807) is 6.07 Å². The van der Waals surface area contributed by atoms with Gasteiger partial charge in [-0.1, -0.05) is 0 Å². The Morgan fingerprint density at radius 3 is 2.71 bits per heavy atom. The minimum absolute atomic E-state index is 0.153. The molecule has 0 aliphatic rings. The van der Waals surface area contributed by atoms with Gasteiger partial charge in [-0.15, -0.1) is 10.2 Å². The molecule has 8 nitrogen and oxygen atoms in total. The summed E-state index contributed by atoms with van der Waals surface area (Å²) in [5.74, 6) is 0.767. The zero-order valence-electron chi connectivity index (χ0n) is 13.4. The van der Waals surface area contributed by atoms with Crippen LogP contribution in [0.25, 0.3) is 5.65 Å². The van der Waals surface area contributed by atoms with Gasteiger partial charge in [-0.2, -0.15) is 0 Å². The lowest BCUT2D eigenvalue weighted by Crippen LogP contribution is -1.92. The van der Waals surface area contributed by atoms with Gasteiger partial charge in [0.2, 0.25) is 0 Å². The van der Waals surface area contributed by atoms with Gasteiger partial charge in [0.25, 0.3) is 0 Å². The van der Waals surface area contributed by atoms with Crippen molar-refractivity contribution in [2.75, 3.05) is 7.11 Å². The normalized spacial score (nSPS) is 11.3. The minimum atomic E-state index is -0.514. The molecule has 3 rings (SSSR count).